The van der Waals surface area contributed by atoms with Crippen molar-refractivity contribution in [2.24, 2.45) is 0 Å². The van der Waals surface area contributed by atoms with Crippen LogP contribution >= 0.6 is 11.6 Å². The molecule has 0 heterocycles. The van der Waals surface area contributed by atoms with Crippen molar-refractivity contribution in [3.05, 3.63) is 52.3 Å². The van der Waals surface area contributed by atoms with Crippen molar-refractivity contribution in [2.75, 3.05) is 10.0 Å². The van der Waals surface area contributed by atoms with Crippen molar-refractivity contribution in [3.63, 3.8) is 0 Å². The zero-order valence-corrected chi connectivity index (χ0v) is 14.8. The number of carbonyl (C=O) groups excluding carboxylic acids is 1. The first-order valence-corrected chi connectivity index (χ1v) is 8.83. The molecule has 2 aromatic carbocycles. The molecule has 0 saturated heterocycles. The first-order valence-electron chi connectivity index (χ1n) is 6.97. The molecule has 8 heteroatoms. The van der Waals surface area contributed by atoms with E-state index < -0.39 is 15.8 Å². The third-order valence-electron chi connectivity index (χ3n) is 3.22. The Morgan fingerprint density at radius 1 is 1.12 bits per heavy atom. The lowest BCUT2D eigenvalue weighted by Crippen LogP contribution is -2.17. The smallest absolute Gasteiger partial charge is 0.262 e. The zero-order valence-electron chi connectivity index (χ0n) is 13.3. The fraction of sp³-hybridized carbons (Fsp3) is 0.188. The minimum Gasteiger partial charge on any atom is -0.326 e. The molecule has 0 aliphatic heterocycles. The molecule has 24 heavy (non-hydrogen) atoms. The first kappa shape index (κ1) is 18.2. The van der Waals surface area contributed by atoms with Gasteiger partial charge in [-0.05, 0) is 55.3 Å². The second-order valence-electron chi connectivity index (χ2n) is 5.35. The molecule has 0 atom stereocenters. The van der Waals surface area contributed by atoms with Gasteiger partial charge in [0.05, 0.1) is 10.6 Å². The molecule has 2 rings (SSSR count). The Kier molecular flexibility index (Phi) is 5.15. The third-order valence-corrected chi connectivity index (χ3v) is 5.13. The Hall–Kier alpha value is -2.12. The lowest BCUT2D eigenvalue weighted by Gasteiger charge is -2.15. The quantitative estimate of drug-likeness (QED) is 0.858. The van der Waals surface area contributed by atoms with Crippen LogP contribution < -0.4 is 10.0 Å². The largest absolute Gasteiger partial charge is 0.326 e. The van der Waals surface area contributed by atoms with E-state index in [1.807, 2.05) is 0 Å². The highest BCUT2D eigenvalue weighted by molar-refractivity contribution is 7.92. The second kappa shape index (κ2) is 6.78. The summed E-state index contributed by atoms with van der Waals surface area (Å²) in [6, 6.07) is 6.76. The van der Waals surface area contributed by atoms with E-state index in [0.29, 0.717) is 16.8 Å². The molecule has 0 spiro atoms. The molecule has 0 saturated carbocycles. The molecule has 0 aromatic heterocycles. The third kappa shape index (κ3) is 4.04. The van der Waals surface area contributed by atoms with Crippen LogP contribution in [-0.2, 0) is 14.8 Å². The van der Waals surface area contributed by atoms with Crippen molar-refractivity contribution in [2.45, 2.75) is 25.7 Å². The van der Waals surface area contributed by atoms with E-state index in [2.05, 4.69) is 10.0 Å². The number of sulfonamides is 1. The summed E-state index contributed by atoms with van der Waals surface area (Å²) in [5.41, 5.74) is 1.17. The molecule has 5 nitrogen and oxygen atoms in total. The summed E-state index contributed by atoms with van der Waals surface area (Å²) in [5.74, 6) is -1.03. The zero-order chi connectivity index (χ0) is 18.1. The Bertz CT molecular complexity index is 891. The number of hydrogen-bond acceptors (Lipinski definition) is 3. The number of hydrogen-bond donors (Lipinski definition) is 2. The van der Waals surface area contributed by atoms with E-state index in [-0.39, 0.29) is 21.5 Å². The van der Waals surface area contributed by atoms with Crippen LogP contribution in [0.2, 0.25) is 5.02 Å². The Morgan fingerprint density at radius 3 is 2.21 bits per heavy atom. The average molecular weight is 371 g/mol. The lowest BCUT2D eigenvalue weighted by molar-refractivity contribution is -0.114. The minimum atomic E-state index is -4.00. The van der Waals surface area contributed by atoms with Crippen LogP contribution in [0.15, 0.2) is 35.2 Å². The minimum absolute atomic E-state index is 0.0333. The Balaban J connectivity index is 2.44. The van der Waals surface area contributed by atoms with Gasteiger partial charge in [-0.15, -0.1) is 0 Å². The normalized spacial score (nSPS) is 11.2. The van der Waals surface area contributed by atoms with Gasteiger partial charge >= 0.3 is 0 Å². The van der Waals surface area contributed by atoms with E-state index >= 15 is 0 Å². The van der Waals surface area contributed by atoms with E-state index in [1.54, 1.807) is 26.0 Å². The van der Waals surface area contributed by atoms with Crippen LogP contribution in [-0.4, -0.2) is 14.3 Å². The van der Waals surface area contributed by atoms with E-state index in [0.717, 1.165) is 6.07 Å². The first-order chi connectivity index (χ1) is 11.1. The lowest BCUT2D eigenvalue weighted by atomic mass is 10.1. The highest BCUT2D eigenvalue weighted by Crippen LogP contribution is 2.28. The van der Waals surface area contributed by atoms with Gasteiger partial charge in [0, 0.05) is 17.6 Å². The fourth-order valence-corrected chi connectivity index (χ4v) is 4.10. The standard InChI is InChI=1S/C16H16ClFN2O3S/c1-9-6-13(19-11(3)21)7-10(2)16(9)24(22,23)20-15-5-4-12(17)8-14(15)18/h4-8,20H,1-3H3,(H,19,21). The molecule has 0 unspecified atom stereocenters. The molecule has 128 valence electrons. The monoisotopic (exact) mass is 370 g/mol. The number of carbonyl (C=O) groups is 1. The molecule has 0 radical (unpaired) electrons. The van der Waals surface area contributed by atoms with Crippen LogP contribution in [0.1, 0.15) is 18.1 Å². The van der Waals surface area contributed by atoms with Gasteiger partial charge in [-0.1, -0.05) is 11.6 Å². The molecular weight excluding hydrogens is 355 g/mol. The maximum absolute atomic E-state index is 13.8. The van der Waals surface area contributed by atoms with Crippen LogP contribution in [0, 0.1) is 19.7 Å². The number of rotatable bonds is 4. The van der Waals surface area contributed by atoms with Gasteiger partial charge in [-0.25, -0.2) is 12.8 Å². The molecule has 2 aromatic rings. The van der Waals surface area contributed by atoms with Gasteiger partial charge in [0.25, 0.3) is 10.0 Å². The van der Waals surface area contributed by atoms with Gasteiger partial charge in [0.2, 0.25) is 5.91 Å². The Labute approximate surface area is 144 Å². The summed E-state index contributed by atoms with van der Waals surface area (Å²) in [7, 11) is -4.00. The molecular formula is C16H16ClFN2O3S. The summed E-state index contributed by atoms with van der Waals surface area (Å²) < 4.78 is 41.3. The van der Waals surface area contributed by atoms with Crippen LogP contribution in [0.25, 0.3) is 0 Å². The van der Waals surface area contributed by atoms with Gasteiger partial charge in [0.15, 0.2) is 0 Å². The number of nitrogens with one attached hydrogen (secondary N) is 2. The molecule has 0 bridgehead atoms. The summed E-state index contributed by atoms with van der Waals surface area (Å²) >= 11 is 5.66. The summed E-state index contributed by atoms with van der Waals surface area (Å²) in [6.45, 7) is 4.57. The molecule has 0 aliphatic rings. The van der Waals surface area contributed by atoms with Crippen molar-refractivity contribution in [3.8, 4) is 0 Å². The average Bonchev–Trinajstić information content (AvgIpc) is 2.39. The van der Waals surface area contributed by atoms with Crippen LogP contribution in [0.5, 0.6) is 0 Å². The summed E-state index contributed by atoms with van der Waals surface area (Å²) in [4.78, 5) is 11.2. The van der Waals surface area contributed by atoms with Crippen molar-refractivity contribution in [1.82, 2.24) is 0 Å². The summed E-state index contributed by atoms with van der Waals surface area (Å²) in [5, 5.41) is 2.77. The topological polar surface area (TPSA) is 75.3 Å². The van der Waals surface area contributed by atoms with Gasteiger partial charge in [0.1, 0.15) is 5.82 Å². The highest BCUT2D eigenvalue weighted by atomic mass is 35.5. The van der Waals surface area contributed by atoms with Gasteiger partial charge in [-0.3, -0.25) is 9.52 Å². The number of anilines is 2. The second-order valence-corrected chi connectivity index (χ2v) is 7.41. The molecule has 1 amide bonds. The van der Waals surface area contributed by atoms with E-state index in [4.69, 9.17) is 11.6 Å². The van der Waals surface area contributed by atoms with Crippen molar-refractivity contribution >= 4 is 38.9 Å². The number of aryl methyl sites for hydroxylation is 2. The molecule has 0 fully saturated rings. The van der Waals surface area contributed by atoms with Crippen molar-refractivity contribution < 1.29 is 17.6 Å². The van der Waals surface area contributed by atoms with Crippen molar-refractivity contribution in [1.29, 1.82) is 0 Å². The van der Waals surface area contributed by atoms with Crippen LogP contribution in [0.4, 0.5) is 15.8 Å². The predicted molar refractivity (Wildman–Crippen MR) is 92.4 cm³/mol. The number of benzene rings is 2. The van der Waals surface area contributed by atoms with E-state index in [9.17, 15) is 17.6 Å². The maximum Gasteiger partial charge on any atom is 0.262 e. The van der Waals surface area contributed by atoms with Gasteiger partial charge < -0.3 is 5.32 Å². The molecule has 2 N–H and O–H groups in total. The van der Waals surface area contributed by atoms with Gasteiger partial charge in [-0.2, -0.15) is 0 Å². The SMILES string of the molecule is CC(=O)Nc1cc(C)c(S(=O)(=O)Nc2ccc(Cl)cc2F)c(C)c1. The number of amides is 1. The maximum atomic E-state index is 13.8. The highest BCUT2D eigenvalue weighted by Gasteiger charge is 2.22. The predicted octanol–water partition coefficient (Wildman–Crippen LogP) is 3.86. The molecule has 0 aliphatic carbocycles. The van der Waals surface area contributed by atoms with E-state index in [1.165, 1.54) is 19.1 Å². The Morgan fingerprint density at radius 2 is 1.71 bits per heavy atom. The number of halogens is 2. The fourth-order valence-electron chi connectivity index (χ4n) is 2.42. The summed E-state index contributed by atoms with van der Waals surface area (Å²) in [6.07, 6.45) is 0. The van der Waals surface area contributed by atoms with Crippen LogP contribution in [0.3, 0.4) is 0 Å².